The van der Waals surface area contributed by atoms with Crippen LogP contribution in [0.1, 0.15) is 19.4 Å². The number of benzene rings is 1. The Morgan fingerprint density at radius 1 is 1.00 bits per heavy atom. The first kappa shape index (κ1) is 12.0. The summed E-state index contributed by atoms with van der Waals surface area (Å²) in [5, 5.41) is 0. The second-order valence-corrected chi connectivity index (χ2v) is 3.65. The van der Waals surface area contributed by atoms with Gasteiger partial charge in [-0.05, 0) is 25.1 Å². The van der Waals surface area contributed by atoms with E-state index in [0.717, 1.165) is 26.1 Å². The minimum atomic E-state index is 1.04. The summed E-state index contributed by atoms with van der Waals surface area (Å²) in [5.74, 6) is 0. The van der Waals surface area contributed by atoms with Gasteiger partial charge in [0.05, 0.1) is 0 Å². The molecule has 82 valence electrons. The minimum absolute atomic E-state index is 1.04. The molecule has 0 spiro atoms. The predicted molar refractivity (Wildman–Crippen MR) is 67.1 cm³/mol. The number of allylic oxidation sites excluding steroid dienone is 1. The molecule has 0 fully saturated rings. The van der Waals surface area contributed by atoms with Gasteiger partial charge in [-0.1, -0.05) is 56.3 Å². The maximum Gasteiger partial charge on any atom is 0.0163 e. The van der Waals surface area contributed by atoms with Gasteiger partial charge in [0.15, 0.2) is 0 Å². The number of likely N-dealkylation sites (N-methyl/N-ethyl adjacent to an activating group) is 1. The van der Waals surface area contributed by atoms with Gasteiger partial charge in [-0.2, -0.15) is 0 Å². The summed E-state index contributed by atoms with van der Waals surface area (Å²) in [6, 6.07) is 10.6. The van der Waals surface area contributed by atoms with E-state index >= 15 is 0 Å². The third-order valence-corrected chi connectivity index (χ3v) is 2.62. The Hall–Kier alpha value is -1.08. The van der Waals surface area contributed by atoms with Crippen LogP contribution in [0.4, 0.5) is 0 Å². The van der Waals surface area contributed by atoms with Crippen LogP contribution < -0.4 is 0 Å². The van der Waals surface area contributed by atoms with E-state index in [1.807, 2.05) is 0 Å². The maximum atomic E-state index is 2.40. The topological polar surface area (TPSA) is 3.24 Å². The van der Waals surface area contributed by atoms with Crippen molar-refractivity contribution >= 4 is 0 Å². The SMILES string of the molecule is CCN(CC)C/C=C/Cc1ccccc1. The number of nitrogens with zero attached hydrogens (tertiary/aromatic N) is 1. The fraction of sp³-hybridized carbons (Fsp3) is 0.429. The monoisotopic (exact) mass is 203 g/mol. The van der Waals surface area contributed by atoms with Gasteiger partial charge in [0, 0.05) is 6.54 Å². The molecule has 0 saturated carbocycles. The van der Waals surface area contributed by atoms with Crippen molar-refractivity contribution in [2.45, 2.75) is 20.3 Å². The van der Waals surface area contributed by atoms with E-state index in [0.29, 0.717) is 0 Å². The van der Waals surface area contributed by atoms with Crippen molar-refractivity contribution in [3.63, 3.8) is 0 Å². The van der Waals surface area contributed by atoms with Crippen LogP contribution in [0.5, 0.6) is 0 Å². The van der Waals surface area contributed by atoms with E-state index in [-0.39, 0.29) is 0 Å². The predicted octanol–water partition coefficient (Wildman–Crippen LogP) is 3.13. The molecule has 0 amide bonds. The van der Waals surface area contributed by atoms with Crippen LogP contribution in [0.3, 0.4) is 0 Å². The highest BCUT2D eigenvalue weighted by Gasteiger charge is 1.93. The van der Waals surface area contributed by atoms with Gasteiger partial charge in [-0.3, -0.25) is 0 Å². The van der Waals surface area contributed by atoms with E-state index in [1.165, 1.54) is 5.56 Å². The van der Waals surface area contributed by atoms with Crippen molar-refractivity contribution < 1.29 is 0 Å². The van der Waals surface area contributed by atoms with Crippen LogP contribution in [0.2, 0.25) is 0 Å². The molecule has 15 heavy (non-hydrogen) atoms. The Morgan fingerprint density at radius 3 is 2.27 bits per heavy atom. The molecule has 0 aliphatic carbocycles. The summed E-state index contributed by atoms with van der Waals surface area (Å²) in [5.41, 5.74) is 1.38. The van der Waals surface area contributed by atoms with Crippen molar-refractivity contribution in [3.8, 4) is 0 Å². The first-order chi connectivity index (χ1) is 7.36. The van der Waals surface area contributed by atoms with Crippen molar-refractivity contribution in [1.29, 1.82) is 0 Å². The van der Waals surface area contributed by atoms with Gasteiger partial charge in [0.1, 0.15) is 0 Å². The van der Waals surface area contributed by atoms with Gasteiger partial charge in [-0.25, -0.2) is 0 Å². The van der Waals surface area contributed by atoms with Crippen LogP contribution >= 0.6 is 0 Å². The molecule has 0 aliphatic heterocycles. The van der Waals surface area contributed by atoms with Gasteiger partial charge in [0.2, 0.25) is 0 Å². The average Bonchev–Trinajstić information content (AvgIpc) is 2.31. The largest absolute Gasteiger partial charge is 0.300 e. The lowest BCUT2D eigenvalue weighted by Gasteiger charge is -2.14. The zero-order valence-corrected chi connectivity index (χ0v) is 9.82. The summed E-state index contributed by atoms with van der Waals surface area (Å²) >= 11 is 0. The maximum absolute atomic E-state index is 2.40. The summed E-state index contributed by atoms with van der Waals surface area (Å²) in [7, 11) is 0. The second kappa shape index (κ2) is 7.24. The summed E-state index contributed by atoms with van der Waals surface area (Å²) in [6.45, 7) is 7.74. The molecule has 1 heteroatoms. The van der Waals surface area contributed by atoms with Crippen molar-refractivity contribution in [3.05, 3.63) is 48.0 Å². The fourth-order valence-electron chi connectivity index (χ4n) is 1.54. The van der Waals surface area contributed by atoms with Crippen molar-refractivity contribution in [2.24, 2.45) is 0 Å². The Morgan fingerprint density at radius 2 is 1.67 bits per heavy atom. The molecule has 0 heterocycles. The molecule has 1 aromatic rings. The summed E-state index contributed by atoms with van der Waals surface area (Å²) in [4.78, 5) is 2.40. The fourth-order valence-corrected chi connectivity index (χ4v) is 1.54. The van der Waals surface area contributed by atoms with Gasteiger partial charge in [0.25, 0.3) is 0 Å². The van der Waals surface area contributed by atoms with Gasteiger partial charge < -0.3 is 4.90 Å². The average molecular weight is 203 g/mol. The Kier molecular flexibility index (Phi) is 5.79. The molecular weight excluding hydrogens is 182 g/mol. The lowest BCUT2D eigenvalue weighted by molar-refractivity contribution is 0.337. The zero-order chi connectivity index (χ0) is 10.9. The molecule has 0 unspecified atom stereocenters. The van der Waals surface area contributed by atoms with Gasteiger partial charge >= 0.3 is 0 Å². The van der Waals surface area contributed by atoms with Crippen LogP contribution in [-0.2, 0) is 6.42 Å². The van der Waals surface area contributed by atoms with Crippen LogP contribution in [0.25, 0.3) is 0 Å². The third-order valence-electron chi connectivity index (χ3n) is 2.62. The standard InChI is InChI=1S/C14H21N/c1-3-15(4-2)13-9-8-12-14-10-6-5-7-11-14/h5-11H,3-4,12-13H2,1-2H3/b9-8+. The Bertz CT molecular complexity index is 273. The lowest BCUT2D eigenvalue weighted by atomic mass is 10.1. The van der Waals surface area contributed by atoms with Gasteiger partial charge in [-0.15, -0.1) is 0 Å². The van der Waals surface area contributed by atoms with E-state index < -0.39 is 0 Å². The molecule has 0 bridgehead atoms. The molecular formula is C14H21N. The minimum Gasteiger partial charge on any atom is -0.300 e. The molecule has 0 aromatic heterocycles. The molecule has 1 rings (SSSR count). The highest BCUT2D eigenvalue weighted by atomic mass is 15.1. The molecule has 0 aliphatic rings. The molecule has 0 atom stereocenters. The second-order valence-electron chi connectivity index (χ2n) is 3.65. The zero-order valence-electron chi connectivity index (χ0n) is 9.82. The first-order valence-electron chi connectivity index (χ1n) is 5.78. The lowest BCUT2D eigenvalue weighted by Crippen LogP contribution is -2.22. The first-order valence-corrected chi connectivity index (χ1v) is 5.78. The quantitative estimate of drug-likeness (QED) is 0.642. The highest BCUT2D eigenvalue weighted by molar-refractivity contribution is 5.17. The Balaban J connectivity index is 2.28. The van der Waals surface area contributed by atoms with E-state index in [9.17, 15) is 0 Å². The Labute approximate surface area is 93.4 Å². The van der Waals surface area contributed by atoms with Crippen LogP contribution in [0.15, 0.2) is 42.5 Å². The highest BCUT2D eigenvalue weighted by Crippen LogP contribution is 2.00. The molecule has 0 N–H and O–H groups in total. The molecule has 1 aromatic carbocycles. The summed E-state index contributed by atoms with van der Waals surface area (Å²) < 4.78 is 0. The molecule has 0 radical (unpaired) electrons. The molecule has 1 nitrogen and oxygen atoms in total. The van der Waals surface area contributed by atoms with E-state index in [4.69, 9.17) is 0 Å². The van der Waals surface area contributed by atoms with Crippen molar-refractivity contribution in [1.82, 2.24) is 4.90 Å². The van der Waals surface area contributed by atoms with Crippen LogP contribution in [-0.4, -0.2) is 24.5 Å². The van der Waals surface area contributed by atoms with E-state index in [2.05, 4.69) is 61.2 Å². The smallest absolute Gasteiger partial charge is 0.0163 e. The number of rotatable bonds is 6. The number of hydrogen-bond acceptors (Lipinski definition) is 1. The normalized spacial score (nSPS) is 11.4. The van der Waals surface area contributed by atoms with Crippen molar-refractivity contribution in [2.75, 3.05) is 19.6 Å². The third kappa shape index (κ3) is 4.80. The van der Waals surface area contributed by atoms with E-state index in [1.54, 1.807) is 0 Å². The summed E-state index contributed by atoms with van der Waals surface area (Å²) in [6.07, 6.45) is 5.57. The number of hydrogen-bond donors (Lipinski definition) is 0. The molecule has 0 saturated heterocycles. The van der Waals surface area contributed by atoms with Crippen LogP contribution in [0, 0.1) is 0 Å².